The summed E-state index contributed by atoms with van der Waals surface area (Å²) < 4.78 is 0. The van der Waals surface area contributed by atoms with Crippen molar-refractivity contribution in [3.63, 3.8) is 0 Å². The number of carbonyl (C=O) groups is 3. The number of nitrogens with one attached hydrogen (secondary N) is 1. The van der Waals surface area contributed by atoms with Gasteiger partial charge in [-0.25, -0.2) is 4.79 Å². The van der Waals surface area contributed by atoms with E-state index in [1.807, 2.05) is 26.8 Å². The van der Waals surface area contributed by atoms with Crippen molar-refractivity contribution in [2.45, 2.75) is 39.7 Å². The molecular formula is C15H21NO5. The van der Waals surface area contributed by atoms with Crippen LogP contribution in [0.1, 0.15) is 43.1 Å². The Hall–Kier alpha value is -2.37. The fourth-order valence-corrected chi connectivity index (χ4v) is 1.55. The van der Waals surface area contributed by atoms with Crippen LogP contribution in [0.15, 0.2) is 24.3 Å². The third-order valence-corrected chi connectivity index (χ3v) is 2.58. The number of benzene rings is 1. The zero-order chi connectivity index (χ0) is 16.4. The number of aryl methyl sites for hydroxylation is 1. The van der Waals surface area contributed by atoms with Crippen LogP contribution in [-0.2, 0) is 16.0 Å². The van der Waals surface area contributed by atoms with Crippen molar-refractivity contribution < 1.29 is 24.6 Å². The van der Waals surface area contributed by atoms with Gasteiger partial charge in [-0.2, -0.15) is 0 Å². The van der Waals surface area contributed by atoms with Gasteiger partial charge in [0.05, 0.1) is 6.42 Å². The Morgan fingerprint density at radius 3 is 2.29 bits per heavy atom. The minimum absolute atomic E-state index is 0.316. The molecule has 0 fully saturated rings. The summed E-state index contributed by atoms with van der Waals surface area (Å²) in [5, 5.41) is 19.6. The molecule has 0 saturated carbocycles. The van der Waals surface area contributed by atoms with E-state index in [-0.39, 0.29) is 0 Å². The standard InChI is InChI=1S/C13H15NO5.C2H6/c1-2-8-4-3-5-9(6-8)12(17)14-10(13(18)19)7-11(15)16;1-2/h3-6,10H,2,7H2,1H3,(H,14,17)(H,15,16)(H,18,19);1-2H3. The first-order valence-electron chi connectivity index (χ1n) is 6.78. The van der Waals surface area contributed by atoms with Crippen LogP contribution >= 0.6 is 0 Å². The number of hydrogen-bond donors (Lipinski definition) is 3. The lowest BCUT2D eigenvalue weighted by molar-refractivity contribution is -0.145. The molecule has 0 bridgehead atoms. The minimum Gasteiger partial charge on any atom is -0.481 e. The van der Waals surface area contributed by atoms with E-state index in [0.717, 1.165) is 12.0 Å². The lowest BCUT2D eigenvalue weighted by atomic mass is 10.1. The number of hydrogen-bond acceptors (Lipinski definition) is 3. The molecule has 1 amide bonds. The van der Waals surface area contributed by atoms with Gasteiger partial charge in [0.25, 0.3) is 5.91 Å². The maximum atomic E-state index is 11.8. The van der Waals surface area contributed by atoms with Crippen molar-refractivity contribution in [1.29, 1.82) is 0 Å². The first kappa shape index (κ1) is 18.6. The fourth-order valence-electron chi connectivity index (χ4n) is 1.55. The molecule has 1 aromatic rings. The van der Waals surface area contributed by atoms with Gasteiger partial charge >= 0.3 is 11.9 Å². The van der Waals surface area contributed by atoms with Gasteiger partial charge in [-0.05, 0) is 24.1 Å². The summed E-state index contributed by atoms with van der Waals surface area (Å²) in [6, 6.07) is 5.31. The normalized spacial score (nSPS) is 10.8. The molecule has 0 aliphatic rings. The van der Waals surface area contributed by atoms with Crippen LogP contribution < -0.4 is 5.32 Å². The van der Waals surface area contributed by atoms with Crippen LogP contribution in [-0.4, -0.2) is 34.1 Å². The molecule has 6 nitrogen and oxygen atoms in total. The topological polar surface area (TPSA) is 104 Å². The predicted octanol–water partition coefficient (Wildman–Crippen LogP) is 1.93. The molecule has 1 rings (SSSR count). The van der Waals surface area contributed by atoms with Crippen molar-refractivity contribution in [1.82, 2.24) is 5.32 Å². The third kappa shape index (κ3) is 6.56. The van der Waals surface area contributed by atoms with Crippen LogP contribution in [0.25, 0.3) is 0 Å². The Labute approximate surface area is 123 Å². The number of carboxylic acids is 2. The minimum atomic E-state index is -1.43. The van der Waals surface area contributed by atoms with E-state index in [0.29, 0.717) is 5.56 Å². The Kier molecular flexibility index (Phi) is 8.45. The van der Waals surface area contributed by atoms with Gasteiger partial charge in [0.1, 0.15) is 6.04 Å². The van der Waals surface area contributed by atoms with Crippen molar-refractivity contribution in [2.24, 2.45) is 0 Å². The van der Waals surface area contributed by atoms with Crippen LogP contribution in [0.5, 0.6) is 0 Å². The van der Waals surface area contributed by atoms with Crippen molar-refractivity contribution in [3.05, 3.63) is 35.4 Å². The molecule has 6 heteroatoms. The van der Waals surface area contributed by atoms with Gasteiger partial charge in [-0.1, -0.05) is 32.9 Å². The summed E-state index contributed by atoms with van der Waals surface area (Å²) in [5.41, 5.74) is 1.26. The summed E-state index contributed by atoms with van der Waals surface area (Å²) >= 11 is 0. The van der Waals surface area contributed by atoms with Crippen LogP contribution in [0.3, 0.4) is 0 Å². The molecule has 0 heterocycles. The van der Waals surface area contributed by atoms with E-state index >= 15 is 0 Å². The van der Waals surface area contributed by atoms with E-state index in [1.165, 1.54) is 0 Å². The number of carbonyl (C=O) groups excluding carboxylic acids is 1. The van der Waals surface area contributed by atoms with Gasteiger partial charge in [0.15, 0.2) is 0 Å². The summed E-state index contributed by atoms with van der Waals surface area (Å²) in [5.74, 6) is -3.25. The van der Waals surface area contributed by atoms with Gasteiger partial charge in [0, 0.05) is 5.56 Å². The Bertz CT molecular complexity index is 499. The average Bonchev–Trinajstić information content (AvgIpc) is 2.48. The van der Waals surface area contributed by atoms with E-state index in [2.05, 4.69) is 5.32 Å². The van der Waals surface area contributed by atoms with Gasteiger partial charge < -0.3 is 15.5 Å². The zero-order valence-electron chi connectivity index (χ0n) is 12.4. The van der Waals surface area contributed by atoms with Crippen LogP contribution in [0.4, 0.5) is 0 Å². The number of carboxylic acid groups (broad SMARTS) is 2. The second kappa shape index (κ2) is 9.52. The Balaban J connectivity index is 0.00000191. The molecule has 3 N–H and O–H groups in total. The molecule has 1 aromatic carbocycles. The molecule has 1 atom stereocenters. The second-order valence-electron chi connectivity index (χ2n) is 4.02. The van der Waals surface area contributed by atoms with Crippen LogP contribution in [0, 0.1) is 0 Å². The Morgan fingerprint density at radius 2 is 1.81 bits per heavy atom. The van der Waals surface area contributed by atoms with E-state index in [9.17, 15) is 14.4 Å². The fraction of sp³-hybridized carbons (Fsp3) is 0.400. The molecule has 0 aliphatic heterocycles. The molecule has 21 heavy (non-hydrogen) atoms. The molecule has 0 saturated heterocycles. The van der Waals surface area contributed by atoms with E-state index < -0.39 is 30.3 Å². The smallest absolute Gasteiger partial charge is 0.326 e. The van der Waals surface area contributed by atoms with Crippen LogP contribution in [0.2, 0.25) is 0 Å². The highest BCUT2D eigenvalue weighted by molar-refractivity contribution is 5.97. The van der Waals surface area contributed by atoms with Crippen molar-refractivity contribution in [2.75, 3.05) is 0 Å². The van der Waals surface area contributed by atoms with Gasteiger partial charge in [-0.3, -0.25) is 9.59 Å². The number of aliphatic carboxylic acids is 2. The zero-order valence-corrected chi connectivity index (χ0v) is 12.4. The highest BCUT2D eigenvalue weighted by Gasteiger charge is 2.23. The molecular weight excluding hydrogens is 274 g/mol. The van der Waals surface area contributed by atoms with Gasteiger partial charge in [0.2, 0.25) is 0 Å². The highest BCUT2D eigenvalue weighted by Crippen LogP contribution is 2.06. The van der Waals surface area contributed by atoms with E-state index in [1.54, 1.807) is 18.2 Å². The maximum absolute atomic E-state index is 11.8. The summed E-state index contributed by atoms with van der Waals surface area (Å²) in [4.78, 5) is 33.2. The first-order valence-corrected chi connectivity index (χ1v) is 6.78. The summed E-state index contributed by atoms with van der Waals surface area (Å²) in [6.07, 6.45) is 0.0904. The van der Waals surface area contributed by atoms with Gasteiger partial charge in [-0.15, -0.1) is 0 Å². The maximum Gasteiger partial charge on any atom is 0.326 e. The molecule has 1 unspecified atom stereocenters. The highest BCUT2D eigenvalue weighted by atomic mass is 16.4. The average molecular weight is 295 g/mol. The second-order valence-corrected chi connectivity index (χ2v) is 4.02. The molecule has 116 valence electrons. The molecule has 0 aromatic heterocycles. The summed E-state index contributed by atoms with van der Waals surface area (Å²) in [7, 11) is 0. The molecule has 0 spiro atoms. The predicted molar refractivity (Wildman–Crippen MR) is 78.3 cm³/mol. The van der Waals surface area contributed by atoms with E-state index in [4.69, 9.17) is 10.2 Å². The lowest BCUT2D eigenvalue weighted by Gasteiger charge is -2.12. The summed E-state index contributed by atoms with van der Waals surface area (Å²) in [6.45, 7) is 5.93. The largest absolute Gasteiger partial charge is 0.481 e. The first-order chi connectivity index (χ1) is 9.93. The molecule has 0 aliphatic carbocycles. The number of amides is 1. The number of rotatable bonds is 6. The SMILES string of the molecule is CC.CCc1cccc(C(=O)NC(CC(=O)O)C(=O)O)c1. The lowest BCUT2D eigenvalue weighted by Crippen LogP contribution is -2.42. The molecule has 0 radical (unpaired) electrons. The third-order valence-electron chi connectivity index (χ3n) is 2.58. The van der Waals surface area contributed by atoms with Crippen molar-refractivity contribution >= 4 is 17.8 Å². The monoisotopic (exact) mass is 295 g/mol. The quantitative estimate of drug-likeness (QED) is 0.744. The van der Waals surface area contributed by atoms with Crippen molar-refractivity contribution in [3.8, 4) is 0 Å². The Morgan fingerprint density at radius 1 is 1.19 bits per heavy atom.